The summed E-state index contributed by atoms with van der Waals surface area (Å²) < 4.78 is 0. The summed E-state index contributed by atoms with van der Waals surface area (Å²) in [5, 5.41) is 104. The average Bonchev–Trinajstić information content (AvgIpc) is 0.859. The highest BCUT2D eigenvalue weighted by Crippen LogP contribution is 2.14. The molecule has 0 atom stereocenters. The van der Waals surface area contributed by atoms with Crippen molar-refractivity contribution in [3.63, 3.8) is 0 Å². The zero-order valence-corrected chi connectivity index (χ0v) is 56.3. The fraction of sp³-hybridized carbons (Fsp3) is 0.667. The standard InChI is InChI=1S/C63H102N12O24/c76-49(64-31-13-1-7-22-55(82)73(97)40-28-58(85)86)25-37-70(94)52(79)19-10-4-16-34-67-61(91)46-43-47(62(92)68-35-17-5-11-20-53(80)71(95)38-26-50(77)65-32-14-2-8-23-56(83)74(98)41-29-59(87)88)45-48(44-46)63(93)69-36-18-6-12-21-54(81)72(96)39-27-51(78)66-33-15-3-9-24-57(84)75(99)42-30-60(89)90/h43-45,94-99H,1-42H2,(H,64,76)(H,65,77)(H,66,78)(H,67,91)(H,68,92)(H,69,93)(H,85,86)(H,87,88)(H,89,90). The van der Waals surface area contributed by atoms with E-state index < -0.39 is 108 Å². The number of nitrogens with one attached hydrogen (secondary N) is 6. The molecule has 0 saturated carbocycles. The predicted molar refractivity (Wildman–Crippen MR) is 345 cm³/mol. The van der Waals surface area contributed by atoms with Crippen molar-refractivity contribution in [1.82, 2.24) is 62.3 Å². The molecule has 1 aromatic carbocycles. The molecule has 558 valence electrons. The summed E-state index contributed by atoms with van der Waals surface area (Å²) in [6, 6.07) is 3.90. The number of carbonyl (C=O) groups excluding carboxylic acids is 12. The molecule has 0 fully saturated rings. The minimum absolute atomic E-state index is 0.00354. The molecule has 0 heterocycles. The molecule has 36 heteroatoms. The van der Waals surface area contributed by atoms with Gasteiger partial charge in [-0.05, 0) is 95.2 Å². The van der Waals surface area contributed by atoms with E-state index in [4.69, 9.17) is 15.3 Å². The minimum atomic E-state index is -1.15. The molecule has 0 aromatic heterocycles. The zero-order chi connectivity index (χ0) is 73.9. The van der Waals surface area contributed by atoms with Crippen LogP contribution < -0.4 is 31.9 Å². The Morgan fingerprint density at radius 1 is 0.232 bits per heavy atom. The zero-order valence-electron chi connectivity index (χ0n) is 56.3. The summed E-state index contributed by atoms with van der Waals surface area (Å²) in [7, 11) is 0. The number of hydroxylamine groups is 12. The van der Waals surface area contributed by atoms with Crippen LogP contribution in [-0.2, 0) is 57.5 Å². The van der Waals surface area contributed by atoms with Crippen LogP contribution in [0.25, 0.3) is 0 Å². The Balaban J connectivity index is 2.70. The minimum Gasteiger partial charge on any atom is -0.481 e. The van der Waals surface area contributed by atoms with Crippen molar-refractivity contribution in [3.8, 4) is 0 Å². The lowest BCUT2D eigenvalue weighted by Gasteiger charge is -2.15. The summed E-state index contributed by atoms with van der Waals surface area (Å²) >= 11 is 0. The molecule has 0 aliphatic rings. The lowest BCUT2D eigenvalue weighted by Crippen LogP contribution is -2.33. The molecular weight excluding hydrogens is 1310 g/mol. The predicted octanol–water partition coefficient (Wildman–Crippen LogP) is 2.49. The first-order valence-corrected chi connectivity index (χ1v) is 33.5. The van der Waals surface area contributed by atoms with Crippen molar-refractivity contribution in [2.45, 2.75) is 193 Å². The van der Waals surface area contributed by atoms with E-state index in [0.29, 0.717) is 146 Å². The van der Waals surface area contributed by atoms with Crippen LogP contribution in [0.15, 0.2) is 18.2 Å². The summed E-state index contributed by atoms with van der Waals surface area (Å²) in [5.41, 5.74) is -0.0890. The van der Waals surface area contributed by atoms with Crippen LogP contribution >= 0.6 is 0 Å². The molecule has 0 aliphatic carbocycles. The largest absolute Gasteiger partial charge is 0.481 e. The number of hydrogen-bond acceptors (Lipinski definition) is 21. The molecule has 99 heavy (non-hydrogen) atoms. The molecule has 12 amide bonds. The maximum absolute atomic E-state index is 13.5. The number of carbonyl (C=O) groups is 15. The van der Waals surface area contributed by atoms with Gasteiger partial charge in [-0.3, -0.25) is 103 Å². The SMILES string of the molecule is O=C(O)CCN(O)C(=O)CCCCCNC(=O)CCN(O)C(=O)CCCCCNC(=O)c1cc(C(=O)NCCCCCC(=O)N(O)CCC(=O)NCCCCCC(=O)N(O)CCC(=O)O)cc(C(=O)NCCCCCC(=O)N(O)CCC(=O)NCCCCCC(=O)N(O)CCC(=O)O)c1. The maximum Gasteiger partial charge on any atom is 0.305 e. The van der Waals surface area contributed by atoms with Gasteiger partial charge >= 0.3 is 17.9 Å². The van der Waals surface area contributed by atoms with E-state index in [1.54, 1.807) is 0 Å². The first-order valence-electron chi connectivity index (χ1n) is 33.5. The van der Waals surface area contributed by atoms with E-state index in [0.717, 1.165) is 0 Å². The van der Waals surface area contributed by atoms with E-state index >= 15 is 0 Å². The van der Waals surface area contributed by atoms with Gasteiger partial charge in [-0.1, -0.05) is 38.5 Å². The van der Waals surface area contributed by atoms with Gasteiger partial charge in [0.1, 0.15) is 0 Å². The first kappa shape index (κ1) is 88.0. The second kappa shape index (κ2) is 53.1. The molecule has 1 aromatic rings. The Labute approximate surface area is 573 Å². The fourth-order valence-corrected chi connectivity index (χ4v) is 9.10. The summed E-state index contributed by atoms with van der Waals surface area (Å²) in [5.74, 6) is -10.3. The monoisotopic (exact) mass is 1410 g/mol. The van der Waals surface area contributed by atoms with Gasteiger partial charge in [-0.15, -0.1) is 0 Å². The van der Waals surface area contributed by atoms with Gasteiger partial charge in [0.25, 0.3) is 17.7 Å². The number of rotatable bonds is 57. The molecular formula is C63H102N12O24. The third-order valence-corrected chi connectivity index (χ3v) is 14.9. The number of amides is 12. The summed E-state index contributed by atoms with van der Waals surface area (Å²) in [6.45, 7) is -0.633. The van der Waals surface area contributed by atoms with Crippen molar-refractivity contribution in [1.29, 1.82) is 0 Å². The molecule has 0 unspecified atom stereocenters. The van der Waals surface area contributed by atoms with Crippen LogP contribution in [0.5, 0.6) is 0 Å². The normalized spacial score (nSPS) is 10.7. The quantitative estimate of drug-likeness (QED) is 0.0253. The molecule has 0 saturated heterocycles. The number of aliphatic carboxylic acids is 3. The highest BCUT2D eigenvalue weighted by molar-refractivity contribution is 6.04. The second-order valence-electron chi connectivity index (χ2n) is 23.3. The van der Waals surface area contributed by atoms with Gasteiger partial charge in [0.2, 0.25) is 53.2 Å². The lowest BCUT2D eigenvalue weighted by atomic mass is 10.0. The first-order chi connectivity index (χ1) is 47.1. The summed E-state index contributed by atoms with van der Waals surface area (Å²) in [4.78, 5) is 182. The van der Waals surface area contributed by atoms with Crippen LogP contribution in [0.4, 0.5) is 0 Å². The van der Waals surface area contributed by atoms with Gasteiger partial charge < -0.3 is 47.2 Å². The number of hydrogen-bond donors (Lipinski definition) is 15. The molecule has 1 rings (SSSR count). The van der Waals surface area contributed by atoms with Crippen molar-refractivity contribution in [3.05, 3.63) is 34.9 Å². The Hall–Kier alpha value is -8.97. The summed E-state index contributed by atoms with van der Waals surface area (Å²) in [6.07, 6.45) is 5.79. The second-order valence-corrected chi connectivity index (χ2v) is 23.3. The lowest BCUT2D eigenvalue weighted by molar-refractivity contribution is -0.168. The van der Waals surface area contributed by atoms with Crippen LogP contribution in [0.2, 0.25) is 0 Å². The van der Waals surface area contributed by atoms with Crippen molar-refractivity contribution >= 4 is 88.8 Å². The van der Waals surface area contributed by atoms with Crippen molar-refractivity contribution < 1.29 is 118 Å². The van der Waals surface area contributed by atoms with E-state index in [9.17, 15) is 103 Å². The van der Waals surface area contributed by atoms with Crippen LogP contribution in [0, 0.1) is 0 Å². The Bertz CT molecular complexity index is 2460. The Kier molecular flexibility index (Phi) is 47.2. The highest BCUT2D eigenvalue weighted by atomic mass is 16.5. The Morgan fingerprint density at radius 2 is 0.404 bits per heavy atom. The topological polar surface area (TPSA) is 530 Å². The van der Waals surface area contributed by atoms with Gasteiger partial charge in [0.05, 0.1) is 58.5 Å². The molecule has 0 radical (unpaired) electrons. The molecule has 0 bridgehead atoms. The number of carboxylic acids is 3. The number of benzene rings is 1. The van der Waals surface area contributed by atoms with E-state index in [1.807, 2.05) is 0 Å². The smallest absolute Gasteiger partial charge is 0.305 e. The van der Waals surface area contributed by atoms with E-state index in [2.05, 4.69) is 31.9 Å². The number of carboxylic acid groups (broad SMARTS) is 3. The Morgan fingerprint density at radius 3 is 0.586 bits per heavy atom. The maximum atomic E-state index is 13.5. The van der Waals surface area contributed by atoms with Gasteiger partial charge in [0.15, 0.2) is 0 Å². The van der Waals surface area contributed by atoms with Gasteiger partial charge in [-0.2, -0.15) is 0 Å². The van der Waals surface area contributed by atoms with Gasteiger partial charge in [-0.25, -0.2) is 30.4 Å². The van der Waals surface area contributed by atoms with E-state index in [-0.39, 0.29) is 153 Å². The average molecular weight is 1410 g/mol. The van der Waals surface area contributed by atoms with E-state index in [1.165, 1.54) is 18.2 Å². The number of unbranched alkanes of at least 4 members (excludes halogenated alkanes) is 12. The third-order valence-electron chi connectivity index (χ3n) is 14.9. The van der Waals surface area contributed by atoms with Crippen molar-refractivity contribution in [2.24, 2.45) is 0 Å². The molecule has 0 aliphatic heterocycles. The molecule has 15 N–H and O–H groups in total. The van der Waals surface area contributed by atoms with Crippen LogP contribution in [0.1, 0.15) is 224 Å². The highest BCUT2D eigenvalue weighted by Gasteiger charge is 2.21. The van der Waals surface area contributed by atoms with Crippen LogP contribution in [-0.4, -0.2) is 244 Å². The molecule has 0 spiro atoms. The third kappa shape index (κ3) is 44.6. The van der Waals surface area contributed by atoms with Crippen LogP contribution in [0.3, 0.4) is 0 Å². The molecule has 36 nitrogen and oxygen atoms in total. The van der Waals surface area contributed by atoms with Crippen molar-refractivity contribution in [2.75, 3.05) is 78.5 Å². The number of nitrogens with zero attached hydrogens (tertiary/aromatic N) is 6. The van der Waals surface area contributed by atoms with Gasteiger partial charge in [0, 0.05) is 114 Å². The fourth-order valence-electron chi connectivity index (χ4n) is 9.10.